The van der Waals surface area contributed by atoms with Crippen LogP contribution in [0.5, 0.6) is 0 Å². The Morgan fingerprint density at radius 1 is 1.40 bits per heavy atom. The normalized spacial score (nSPS) is 14.0. The summed E-state index contributed by atoms with van der Waals surface area (Å²) < 4.78 is 36.7. The van der Waals surface area contributed by atoms with Crippen molar-refractivity contribution in [2.45, 2.75) is 12.2 Å². The van der Waals surface area contributed by atoms with Crippen LogP contribution in [0.2, 0.25) is 5.02 Å². The third kappa shape index (κ3) is 2.84. The smallest absolute Gasteiger partial charge is 0.394 e. The lowest BCUT2D eigenvalue weighted by atomic mass is 10.1. The van der Waals surface area contributed by atoms with E-state index in [1.807, 2.05) is 0 Å². The molecule has 0 spiro atoms. The second kappa shape index (κ2) is 4.38. The number of hydrogen-bond acceptors (Lipinski definition) is 2. The molecule has 6 heteroatoms. The maximum atomic E-state index is 12.2. The van der Waals surface area contributed by atoms with Crippen LogP contribution in [-0.2, 0) is 6.18 Å². The van der Waals surface area contributed by atoms with E-state index in [4.69, 9.17) is 22.4 Å². The fourth-order valence-electron chi connectivity index (χ4n) is 1.10. The van der Waals surface area contributed by atoms with Crippen molar-refractivity contribution in [2.75, 3.05) is 6.61 Å². The minimum absolute atomic E-state index is 0.0913. The van der Waals surface area contributed by atoms with Gasteiger partial charge in [0.15, 0.2) is 0 Å². The quantitative estimate of drug-likeness (QED) is 0.832. The van der Waals surface area contributed by atoms with Crippen molar-refractivity contribution < 1.29 is 18.3 Å². The number of aliphatic hydroxyl groups excluding tert-OH is 1. The van der Waals surface area contributed by atoms with E-state index in [-0.39, 0.29) is 11.6 Å². The molecule has 1 aromatic carbocycles. The van der Waals surface area contributed by atoms with E-state index in [0.717, 1.165) is 12.1 Å². The van der Waals surface area contributed by atoms with Gasteiger partial charge in [-0.15, -0.1) is 0 Å². The number of benzene rings is 1. The van der Waals surface area contributed by atoms with E-state index in [0.29, 0.717) is 5.56 Å². The Balaban J connectivity index is 3.09. The van der Waals surface area contributed by atoms with Crippen molar-refractivity contribution in [3.8, 4) is 0 Å². The minimum atomic E-state index is -4.43. The van der Waals surface area contributed by atoms with Gasteiger partial charge in [-0.3, -0.25) is 0 Å². The molecule has 0 bridgehead atoms. The molecule has 3 N–H and O–H groups in total. The third-order valence-electron chi connectivity index (χ3n) is 1.92. The first-order chi connectivity index (χ1) is 6.86. The van der Waals surface area contributed by atoms with Gasteiger partial charge in [0, 0.05) is 5.02 Å². The summed E-state index contributed by atoms with van der Waals surface area (Å²) in [6, 6.07) is 2.09. The largest absolute Gasteiger partial charge is 0.416 e. The molecule has 0 aliphatic carbocycles. The van der Waals surface area contributed by atoms with Crippen LogP contribution in [0, 0.1) is 0 Å². The molecule has 1 aromatic rings. The molecule has 0 aromatic heterocycles. The van der Waals surface area contributed by atoms with Crippen LogP contribution in [-0.4, -0.2) is 11.7 Å². The molecule has 0 amide bonds. The Hall–Kier alpha value is -0.780. The summed E-state index contributed by atoms with van der Waals surface area (Å²) in [5.41, 5.74) is 4.90. The molecule has 0 fully saturated rings. The van der Waals surface area contributed by atoms with Gasteiger partial charge in [-0.25, -0.2) is 0 Å². The fourth-order valence-corrected chi connectivity index (χ4v) is 1.42. The zero-order chi connectivity index (χ0) is 11.6. The van der Waals surface area contributed by atoms with Crippen molar-refractivity contribution in [1.82, 2.24) is 0 Å². The molecule has 0 heterocycles. The van der Waals surface area contributed by atoms with Crippen LogP contribution in [0.1, 0.15) is 17.2 Å². The zero-order valence-electron chi connectivity index (χ0n) is 7.55. The van der Waals surface area contributed by atoms with Crippen LogP contribution in [0.3, 0.4) is 0 Å². The summed E-state index contributed by atoms with van der Waals surface area (Å²) in [4.78, 5) is 0. The van der Waals surface area contributed by atoms with Crippen molar-refractivity contribution in [2.24, 2.45) is 5.73 Å². The SMILES string of the molecule is N[C@@H](CO)c1ccc(C(F)(F)F)cc1Cl. The fraction of sp³-hybridized carbons (Fsp3) is 0.333. The highest BCUT2D eigenvalue weighted by Crippen LogP contribution is 2.33. The number of aliphatic hydroxyl groups is 1. The Labute approximate surface area is 89.5 Å². The molecule has 15 heavy (non-hydrogen) atoms. The second-order valence-electron chi connectivity index (χ2n) is 3.02. The highest BCUT2D eigenvalue weighted by Gasteiger charge is 2.31. The lowest BCUT2D eigenvalue weighted by Gasteiger charge is -2.13. The molecule has 0 saturated heterocycles. The van der Waals surface area contributed by atoms with Crippen molar-refractivity contribution >= 4 is 11.6 Å². The average molecular weight is 240 g/mol. The number of nitrogens with two attached hydrogens (primary N) is 1. The van der Waals surface area contributed by atoms with Gasteiger partial charge < -0.3 is 10.8 Å². The first-order valence-electron chi connectivity index (χ1n) is 4.09. The van der Waals surface area contributed by atoms with E-state index >= 15 is 0 Å². The summed E-state index contributed by atoms with van der Waals surface area (Å²) in [6.45, 7) is -0.370. The Morgan fingerprint density at radius 3 is 2.40 bits per heavy atom. The highest BCUT2D eigenvalue weighted by molar-refractivity contribution is 6.31. The van der Waals surface area contributed by atoms with Crippen LogP contribution in [0.15, 0.2) is 18.2 Å². The monoisotopic (exact) mass is 239 g/mol. The molecule has 1 atom stereocenters. The van der Waals surface area contributed by atoms with Gasteiger partial charge >= 0.3 is 6.18 Å². The van der Waals surface area contributed by atoms with Crippen LogP contribution >= 0.6 is 11.6 Å². The van der Waals surface area contributed by atoms with Crippen molar-refractivity contribution in [3.63, 3.8) is 0 Å². The van der Waals surface area contributed by atoms with E-state index in [1.54, 1.807) is 0 Å². The molecular formula is C9H9ClF3NO. The molecule has 0 aliphatic heterocycles. The number of rotatable bonds is 2. The summed E-state index contributed by atoms with van der Waals surface area (Å²) >= 11 is 5.62. The van der Waals surface area contributed by atoms with Crippen LogP contribution in [0.25, 0.3) is 0 Å². The highest BCUT2D eigenvalue weighted by atomic mass is 35.5. The molecule has 1 rings (SSSR count). The molecule has 0 radical (unpaired) electrons. The topological polar surface area (TPSA) is 46.2 Å². The molecule has 84 valence electrons. The molecule has 0 saturated carbocycles. The van der Waals surface area contributed by atoms with Gasteiger partial charge in [0.1, 0.15) is 0 Å². The summed E-state index contributed by atoms with van der Waals surface area (Å²) in [5.74, 6) is 0. The number of halogens is 4. The maximum absolute atomic E-state index is 12.2. The third-order valence-corrected chi connectivity index (χ3v) is 2.25. The van der Waals surface area contributed by atoms with E-state index < -0.39 is 17.8 Å². The molecule has 0 aliphatic rings. The predicted octanol–water partition coefficient (Wildman–Crippen LogP) is 2.35. The van der Waals surface area contributed by atoms with Gasteiger partial charge in [-0.2, -0.15) is 13.2 Å². The first-order valence-corrected chi connectivity index (χ1v) is 4.47. The van der Waals surface area contributed by atoms with Gasteiger partial charge in [-0.1, -0.05) is 17.7 Å². The summed E-state index contributed by atoms with van der Waals surface area (Å²) in [6.07, 6.45) is -4.43. The Kier molecular flexibility index (Phi) is 3.59. The zero-order valence-corrected chi connectivity index (χ0v) is 8.31. The first kappa shape index (κ1) is 12.3. The van der Waals surface area contributed by atoms with E-state index in [9.17, 15) is 13.2 Å². The number of hydrogen-bond donors (Lipinski definition) is 2. The minimum Gasteiger partial charge on any atom is -0.394 e. The Bertz CT molecular complexity index is 354. The maximum Gasteiger partial charge on any atom is 0.416 e. The average Bonchev–Trinajstić information content (AvgIpc) is 2.15. The van der Waals surface area contributed by atoms with Crippen molar-refractivity contribution in [3.05, 3.63) is 34.3 Å². The lowest BCUT2D eigenvalue weighted by Crippen LogP contribution is -2.15. The summed E-state index contributed by atoms with van der Waals surface area (Å²) in [7, 11) is 0. The van der Waals surface area contributed by atoms with Gasteiger partial charge in [-0.05, 0) is 17.7 Å². The van der Waals surface area contributed by atoms with Gasteiger partial charge in [0.25, 0.3) is 0 Å². The summed E-state index contributed by atoms with van der Waals surface area (Å²) in [5, 5.41) is 8.64. The lowest BCUT2D eigenvalue weighted by molar-refractivity contribution is -0.137. The van der Waals surface area contributed by atoms with Crippen LogP contribution in [0.4, 0.5) is 13.2 Å². The molecule has 2 nitrogen and oxygen atoms in total. The number of alkyl halides is 3. The standard InChI is InChI=1S/C9H9ClF3NO/c10-7-3-5(9(11,12)13)1-2-6(7)8(14)4-15/h1-3,8,15H,4,14H2/t8-/m0/s1. The van der Waals surface area contributed by atoms with Crippen LogP contribution < -0.4 is 5.73 Å². The van der Waals surface area contributed by atoms with E-state index in [2.05, 4.69) is 0 Å². The molecule has 0 unspecified atom stereocenters. The van der Waals surface area contributed by atoms with Gasteiger partial charge in [0.05, 0.1) is 18.2 Å². The van der Waals surface area contributed by atoms with Gasteiger partial charge in [0.2, 0.25) is 0 Å². The second-order valence-corrected chi connectivity index (χ2v) is 3.43. The molecular weight excluding hydrogens is 231 g/mol. The Morgan fingerprint density at radius 2 is 2.00 bits per heavy atom. The predicted molar refractivity (Wildman–Crippen MR) is 50.5 cm³/mol. The van der Waals surface area contributed by atoms with Crippen molar-refractivity contribution in [1.29, 1.82) is 0 Å². The van der Waals surface area contributed by atoms with E-state index in [1.165, 1.54) is 6.07 Å².